The molecule has 1 atom stereocenters. The van der Waals surface area contributed by atoms with Gasteiger partial charge in [-0.05, 0) is 44.2 Å². The Hall–Kier alpha value is -3.22. The summed E-state index contributed by atoms with van der Waals surface area (Å²) >= 11 is 0. The van der Waals surface area contributed by atoms with Gasteiger partial charge in [0, 0.05) is 12.2 Å². The summed E-state index contributed by atoms with van der Waals surface area (Å²) in [7, 11) is 0. The summed E-state index contributed by atoms with van der Waals surface area (Å²) in [5.41, 5.74) is 1.93. The Kier molecular flexibility index (Phi) is 6.14. The van der Waals surface area contributed by atoms with Gasteiger partial charge in [0.05, 0.1) is 18.5 Å². The van der Waals surface area contributed by atoms with E-state index in [1.165, 1.54) is 0 Å². The number of aromatic nitrogens is 2. The number of hydrogen-bond donors (Lipinski definition) is 2. The predicted molar refractivity (Wildman–Crippen MR) is 102 cm³/mol. The fourth-order valence-electron chi connectivity index (χ4n) is 2.85. The van der Waals surface area contributed by atoms with Crippen LogP contribution in [0.5, 0.6) is 5.75 Å². The van der Waals surface area contributed by atoms with Gasteiger partial charge in [-0.25, -0.2) is 4.79 Å². The van der Waals surface area contributed by atoms with Crippen LogP contribution in [0.3, 0.4) is 0 Å². The zero-order valence-corrected chi connectivity index (χ0v) is 15.5. The second kappa shape index (κ2) is 8.93. The topological polar surface area (TPSA) is 81.3 Å². The van der Waals surface area contributed by atoms with Crippen molar-refractivity contribution < 1.29 is 13.9 Å². The van der Waals surface area contributed by atoms with Crippen LogP contribution in [0.4, 0.5) is 4.79 Å². The van der Waals surface area contributed by atoms with Crippen LogP contribution < -0.4 is 15.4 Å². The molecule has 0 radical (unpaired) electrons. The maximum atomic E-state index is 12.1. The summed E-state index contributed by atoms with van der Waals surface area (Å²) in [5, 5.41) is 10.2. The fourth-order valence-corrected chi connectivity index (χ4v) is 2.85. The third-order valence-electron chi connectivity index (χ3n) is 4.07. The molecular weight excluding hydrogens is 344 g/mol. The fraction of sp³-hybridized carbons (Fsp3) is 0.300. The van der Waals surface area contributed by atoms with Gasteiger partial charge < -0.3 is 19.8 Å². The van der Waals surface area contributed by atoms with Crippen LogP contribution in [0, 0.1) is 13.8 Å². The van der Waals surface area contributed by atoms with Crippen molar-refractivity contribution in [3.8, 4) is 5.75 Å². The number of rotatable bonds is 8. The normalized spacial score (nSPS) is 11.8. The van der Waals surface area contributed by atoms with Crippen molar-refractivity contribution in [2.24, 2.45) is 0 Å². The third-order valence-corrected chi connectivity index (χ3v) is 4.07. The van der Waals surface area contributed by atoms with E-state index in [4.69, 9.17) is 9.15 Å². The molecule has 142 valence electrons. The van der Waals surface area contributed by atoms with Gasteiger partial charge in [0.1, 0.15) is 24.2 Å². The van der Waals surface area contributed by atoms with Crippen molar-refractivity contribution in [2.75, 3.05) is 19.7 Å². The molecule has 27 heavy (non-hydrogen) atoms. The highest BCUT2D eigenvalue weighted by Crippen LogP contribution is 2.20. The Morgan fingerprint density at radius 2 is 2.00 bits per heavy atom. The minimum absolute atomic E-state index is 0.208. The van der Waals surface area contributed by atoms with Gasteiger partial charge in [0.15, 0.2) is 0 Å². The Labute approximate surface area is 158 Å². The summed E-state index contributed by atoms with van der Waals surface area (Å²) in [6, 6.07) is 14.7. The van der Waals surface area contributed by atoms with Crippen molar-refractivity contribution in [3.05, 3.63) is 71.9 Å². The third kappa shape index (κ3) is 5.13. The number of nitrogens with one attached hydrogen (secondary N) is 2. The molecular formula is C20H24N4O3. The molecule has 0 bridgehead atoms. The number of amides is 2. The molecule has 2 aromatic heterocycles. The van der Waals surface area contributed by atoms with E-state index >= 15 is 0 Å². The first-order valence-corrected chi connectivity index (χ1v) is 8.89. The first kappa shape index (κ1) is 18.6. The van der Waals surface area contributed by atoms with Crippen molar-refractivity contribution in [3.63, 3.8) is 0 Å². The summed E-state index contributed by atoms with van der Waals surface area (Å²) in [5.74, 6) is 1.52. The van der Waals surface area contributed by atoms with Crippen LogP contribution in [0.25, 0.3) is 0 Å². The van der Waals surface area contributed by atoms with E-state index in [1.54, 1.807) is 6.26 Å². The van der Waals surface area contributed by atoms with E-state index < -0.39 is 0 Å². The summed E-state index contributed by atoms with van der Waals surface area (Å²) in [6.45, 7) is 5.09. The smallest absolute Gasteiger partial charge is 0.314 e. The number of nitrogens with zero attached hydrogens (tertiary/aromatic N) is 2. The molecule has 0 saturated heterocycles. The molecule has 0 aliphatic heterocycles. The van der Waals surface area contributed by atoms with Crippen LogP contribution >= 0.6 is 0 Å². The van der Waals surface area contributed by atoms with E-state index in [0.717, 1.165) is 22.9 Å². The highest BCUT2D eigenvalue weighted by atomic mass is 16.5. The molecule has 3 aromatic rings. The lowest BCUT2D eigenvalue weighted by molar-refractivity contribution is 0.234. The van der Waals surface area contributed by atoms with E-state index in [0.29, 0.717) is 19.7 Å². The molecule has 3 rings (SSSR count). The minimum Gasteiger partial charge on any atom is -0.492 e. The molecule has 1 unspecified atom stereocenters. The predicted octanol–water partition coefficient (Wildman–Crippen LogP) is 3.06. The Bertz CT molecular complexity index is 844. The molecule has 7 heteroatoms. The van der Waals surface area contributed by atoms with Crippen molar-refractivity contribution in [1.82, 2.24) is 20.4 Å². The maximum Gasteiger partial charge on any atom is 0.314 e. The number of hydrogen-bond acceptors (Lipinski definition) is 4. The van der Waals surface area contributed by atoms with Gasteiger partial charge in [-0.3, -0.25) is 4.68 Å². The van der Waals surface area contributed by atoms with Crippen LogP contribution in [-0.2, 0) is 0 Å². The highest BCUT2D eigenvalue weighted by Gasteiger charge is 2.20. The first-order chi connectivity index (χ1) is 13.1. The average Bonchev–Trinajstić information content (AvgIpc) is 3.30. The molecule has 2 N–H and O–H groups in total. The number of carbonyl (C=O) groups is 1. The zero-order chi connectivity index (χ0) is 19.1. The number of para-hydroxylation sites is 1. The summed E-state index contributed by atoms with van der Waals surface area (Å²) in [4.78, 5) is 12.1. The van der Waals surface area contributed by atoms with E-state index in [2.05, 4.69) is 15.7 Å². The lowest BCUT2D eigenvalue weighted by Crippen LogP contribution is -2.40. The lowest BCUT2D eigenvalue weighted by Gasteiger charge is -2.18. The summed E-state index contributed by atoms with van der Waals surface area (Å²) in [6.07, 6.45) is 1.62. The minimum atomic E-state index is -0.259. The van der Waals surface area contributed by atoms with Crippen LogP contribution in [-0.4, -0.2) is 35.5 Å². The number of furan rings is 1. The van der Waals surface area contributed by atoms with Crippen molar-refractivity contribution >= 4 is 6.03 Å². The van der Waals surface area contributed by atoms with Crippen molar-refractivity contribution in [2.45, 2.75) is 19.9 Å². The van der Waals surface area contributed by atoms with Crippen LogP contribution in [0.15, 0.2) is 59.2 Å². The molecule has 0 aliphatic rings. The number of aryl methyl sites for hydroxylation is 2. The van der Waals surface area contributed by atoms with E-state index in [9.17, 15) is 4.79 Å². The summed E-state index contributed by atoms with van der Waals surface area (Å²) < 4.78 is 13.0. The highest BCUT2D eigenvalue weighted by molar-refractivity contribution is 5.73. The number of ether oxygens (including phenoxy) is 1. The van der Waals surface area contributed by atoms with Crippen LogP contribution in [0.2, 0.25) is 0 Å². The lowest BCUT2D eigenvalue weighted by atomic mass is 10.2. The second-order valence-electron chi connectivity index (χ2n) is 6.20. The maximum absolute atomic E-state index is 12.1. The number of carbonyl (C=O) groups excluding carboxylic acids is 1. The molecule has 0 spiro atoms. The SMILES string of the molecule is Cc1cc(C)n(C(CNC(=O)NCCOc2ccccc2)c2ccco2)n1. The molecule has 1 aromatic carbocycles. The quantitative estimate of drug-likeness (QED) is 0.599. The Morgan fingerprint density at radius 1 is 1.19 bits per heavy atom. The van der Waals surface area contributed by atoms with Gasteiger partial charge in [-0.15, -0.1) is 0 Å². The van der Waals surface area contributed by atoms with Gasteiger partial charge in [0.2, 0.25) is 0 Å². The van der Waals surface area contributed by atoms with Gasteiger partial charge in [-0.2, -0.15) is 5.10 Å². The molecule has 0 saturated carbocycles. The van der Waals surface area contributed by atoms with Gasteiger partial charge in [0.25, 0.3) is 0 Å². The Morgan fingerprint density at radius 3 is 2.67 bits per heavy atom. The molecule has 7 nitrogen and oxygen atoms in total. The second-order valence-corrected chi connectivity index (χ2v) is 6.20. The largest absolute Gasteiger partial charge is 0.492 e. The number of benzene rings is 1. The molecule has 2 heterocycles. The Balaban J connectivity index is 1.50. The van der Waals surface area contributed by atoms with E-state index in [1.807, 2.05) is 67.1 Å². The van der Waals surface area contributed by atoms with E-state index in [-0.39, 0.29) is 12.1 Å². The molecule has 0 fully saturated rings. The zero-order valence-electron chi connectivity index (χ0n) is 15.5. The van der Waals surface area contributed by atoms with Gasteiger partial charge >= 0.3 is 6.03 Å². The molecule has 0 aliphatic carbocycles. The number of urea groups is 1. The standard InChI is InChI=1S/C20H24N4O3/c1-15-13-16(2)24(23-15)18(19-9-6-11-27-19)14-22-20(25)21-10-12-26-17-7-4-3-5-8-17/h3-9,11,13,18H,10,12,14H2,1-2H3,(H2,21,22,25). The van der Waals surface area contributed by atoms with Gasteiger partial charge in [-0.1, -0.05) is 18.2 Å². The molecule has 2 amide bonds. The average molecular weight is 368 g/mol. The van der Waals surface area contributed by atoms with Crippen molar-refractivity contribution in [1.29, 1.82) is 0 Å². The first-order valence-electron chi connectivity index (χ1n) is 8.89. The van der Waals surface area contributed by atoms with Crippen LogP contribution in [0.1, 0.15) is 23.2 Å². The monoisotopic (exact) mass is 368 g/mol.